The molecule has 5 rings (SSSR count). The molecule has 8 nitrogen and oxygen atoms in total. The number of carbonyl (C=O) groups excluding carboxylic acids is 1. The average Bonchev–Trinajstić information content (AvgIpc) is 3.24. The van der Waals surface area contributed by atoms with Crippen LogP contribution < -0.4 is 29.7 Å². The number of nitrogens with zero attached hydrogens (tertiary/aromatic N) is 2. The maximum Gasteiger partial charge on any atom is 0.271 e. The number of methoxy groups -OCH3 is 2. The minimum Gasteiger partial charge on any atom is -0.503 e. The van der Waals surface area contributed by atoms with E-state index in [9.17, 15) is 14.7 Å². The number of phenols is 1. The Morgan fingerprint density at radius 1 is 1.10 bits per heavy atom. The molecule has 0 saturated heterocycles. The summed E-state index contributed by atoms with van der Waals surface area (Å²) in [5.74, 6) is 0.240. The van der Waals surface area contributed by atoms with Gasteiger partial charge in [0.05, 0.1) is 41.1 Å². The zero-order valence-corrected chi connectivity index (χ0v) is 22.8. The highest BCUT2D eigenvalue weighted by Gasteiger charge is 2.32. The maximum atomic E-state index is 13.9. The first-order chi connectivity index (χ1) is 18.8. The average molecular weight is 562 g/mol. The number of nitrogens with one attached hydrogen (secondary N) is 1. The molecule has 0 bridgehead atoms. The minimum absolute atomic E-state index is 0.0957. The van der Waals surface area contributed by atoms with Gasteiger partial charge in [0.15, 0.2) is 16.3 Å². The van der Waals surface area contributed by atoms with Gasteiger partial charge in [-0.15, -0.1) is 0 Å². The Morgan fingerprint density at radius 3 is 2.59 bits per heavy atom. The van der Waals surface area contributed by atoms with Gasteiger partial charge in [0.25, 0.3) is 11.5 Å². The van der Waals surface area contributed by atoms with Crippen molar-refractivity contribution in [2.24, 2.45) is 4.99 Å². The van der Waals surface area contributed by atoms with Crippen molar-refractivity contribution in [3.8, 4) is 17.2 Å². The molecule has 10 heteroatoms. The number of aromatic nitrogens is 1. The van der Waals surface area contributed by atoms with Crippen LogP contribution in [0.5, 0.6) is 17.2 Å². The summed E-state index contributed by atoms with van der Waals surface area (Å²) in [6.45, 7) is 1.76. The number of hydrogen-bond acceptors (Lipinski definition) is 7. The van der Waals surface area contributed by atoms with Crippen molar-refractivity contribution in [1.29, 1.82) is 0 Å². The third-order valence-electron chi connectivity index (χ3n) is 6.28. The molecule has 1 aliphatic rings. The Balaban J connectivity index is 1.69. The van der Waals surface area contributed by atoms with E-state index in [1.54, 1.807) is 56.5 Å². The third-order valence-corrected chi connectivity index (χ3v) is 7.55. The van der Waals surface area contributed by atoms with Gasteiger partial charge in [-0.3, -0.25) is 14.2 Å². The van der Waals surface area contributed by atoms with Crippen LogP contribution >= 0.6 is 22.9 Å². The summed E-state index contributed by atoms with van der Waals surface area (Å²) in [7, 11) is 2.98. The number of hydrogen-bond donors (Lipinski definition) is 2. The lowest BCUT2D eigenvalue weighted by Gasteiger charge is -2.25. The fourth-order valence-corrected chi connectivity index (χ4v) is 5.71. The molecule has 0 saturated carbocycles. The summed E-state index contributed by atoms with van der Waals surface area (Å²) in [6, 6.07) is 18.8. The largest absolute Gasteiger partial charge is 0.503 e. The summed E-state index contributed by atoms with van der Waals surface area (Å²) in [4.78, 5) is 32.6. The van der Waals surface area contributed by atoms with Gasteiger partial charge in [0.1, 0.15) is 5.75 Å². The van der Waals surface area contributed by atoms with Gasteiger partial charge in [0, 0.05) is 5.69 Å². The van der Waals surface area contributed by atoms with Crippen LogP contribution in [0.1, 0.15) is 24.1 Å². The lowest BCUT2D eigenvalue weighted by Crippen LogP contribution is -2.40. The normalized spacial score (nSPS) is 15.0. The van der Waals surface area contributed by atoms with E-state index < -0.39 is 6.04 Å². The fraction of sp³-hybridized carbons (Fsp3) is 0.138. The van der Waals surface area contributed by atoms with Gasteiger partial charge in [-0.2, -0.15) is 0 Å². The molecule has 0 aliphatic carbocycles. The van der Waals surface area contributed by atoms with Crippen LogP contribution in [-0.2, 0) is 4.79 Å². The standard InChI is InChI=1S/C29H24ClN3O5S/c1-16-24(27(35)32-19-9-5-4-6-10-19)25(18-8-7-11-20(15-18)37-2)33-28(36)23(39-29(33)31-16)14-17-12-21(30)26(34)22(13-17)38-3/h4-15,25,34H,1-3H3,(H,32,35)/b23-14-. The van der Waals surface area contributed by atoms with Gasteiger partial charge in [-0.1, -0.05) is 53.3 Å². The number of halogens is 1. The summed E-state index contributed by atoms with van der Waals surface area (Å²) < 4.78 is 12.5. The number of aromatic hydroxyl groups is 1. The molecule has 1 unspecified atom stereocenters. The predicted octanol–water partition coefficient (Wildman–Crippen LogP) is 4.25. The molecule has 1 amide bonds. The van der Waals surface area contributed by atoms with E-state index in [1.165, 1.54) is 23.0 Å². The number of fused-ring (bicyclic) bond motifs is 1. The minimum atomic E-state index is -0.750. The van der Waals surface area contributed by atoms with Crippen molar-refractivity contribution in [3.05, 3.63) is 114 Å². The Kier molecular flexibility index (Phi) is 7.28. The fourth-order valence-electron chi connectivity index (χ4n) is 4.44. The van der Waals surface area contributed by atoms with Crippen LogP contribution in [0.3, 0.4) is 0 Å². The van der Waals surface area contributed by atoms with Gasteiger partial charge in [-0.05, 0) is 60.5 Å². The van der Waals surface area contributed by atoms with Crippen molar-refractivity contribution in [3.63, 3.8) is 0 Å². The number of para-hydroxylation sites is 1. The number of allylic oxidation sites excluding steroid dienone is 1. The van der Waals surface area contributed by atoms with Crippen LogP contribution in [0.25, 0.3) is 6.08 Å². The van der Waals surface area contributed by atoms with Gasteiger partial charge >= 0.3 is 0 Å². The summed E-state index contributed by atoms with van der Waals surface area (Å²) in [5.41, 5.74) is 2.41. The Labute approximate surface area is 232 Å². The highest BCUT2D eigenvalue weighted by Crippen LogP contribution is 2.35. The van der Waals surface area contributed by atoms with E-state index in [-0.39, 0.29) is 28.0 Å². The lowest BCUT2D eigenvalue weighted by molar-refractivity contribution is -0.113. The highest BCUT2D eigenvalue weighted by molar-refractivity contribution is 7.07. The molecule has 0 spiro atoms. The van der Waals surface area contributed by atoms with Crippen LogP contribution in [0.2, 0.25) is 5.02 Å². The molecule has 1 aromatic heterocycles. The topological polar surface area (TPSA) is 102 Å². The van der Waals surface area contributed by atoms with Crippen molar-refractivity contribution in [2.45, 2.75) is 13.0 Å². The second-order valence-corrected chi connectivity index (χ2v) is 10.1. The quantitative estimate of drug-likeness (QED) is 0.366. The smallest absolute Gasteiger partial charge is 0.271 e. The van der Waals surface area contributed by atoms with Crippen molar-refractivity contribution < 1.29 is 19.4 Å². The number of rotatable bonds is 6. The Bertz CT molecular complexity index is 1790. The second kappa shape index (κ2) is 10.8. The Morgan fingerprint density at radius 2 is 1.87 bits per heavy atom. The third kappa shape index (κ3) is 5.06. The zero-order chi connectivity index (χ0) is 27.7. The van der Waals surface area contributed by atoms with Crippen molar-refractivity contribution in [2.75, 3.05) is 19.5 Å². The van der Waals surface area contributed by atoms with E-state index >= 15 is 0 Å². The van der Waals surface area contributed by atoms with Crippen molar-refractivity contribution in [1.82, 2.24) is 4.57 Å². The number of anilines is 1. The first-order valence-electron chi connectivity index (χ1n) is 11.9. The Hall–Kier alpha value is -4.34. The number of amides is 1. The van der Waals surface area contributed by atoms with Crippen LogP contribution in [0.15, 0.2) is 87.8 Å². The monoisotopic (exact) mass is 561 g/mol. The maximum absolute atomic E-state index is 13.9. The SMILES string of the molecule is COc1cccc(C2C(C(=O)Nc3ccccc3)=C(C)N=c3s/c(=C\c4cc(Cl)c(O)c(OC)c4)c(=O)n32)c1. The first kappa shape index (κ1) is 26.3. The van der Waals surface area contributed by atoms with E-state index in [1.807, 2.05) is 30.3 Å². The molecule has 4 aromatic rings. The lowest BCUT2D eigenvalue weighted by atomic mass is 9.95. The molecular weight excluding hydrogens is 538 g/mol. The number of benzene rings is 3. The van der Waals surface area contributed by atoms with E-state index in [4.69, 9.17) is 21.1 Å². The van der Waals surface area contributed by atoms with Gasteiger partial charge in [-0.25, -0.2) is 4.99 Å². The number of phenolic OH excluding ortho intramolecular Hbond substituents is 1. The molecular formula is C29H24ClN3O5S. The molecule has 2 N–H and O–H groups in total. The molecule has 1 aliphatic heterocycles. The summed E-state index contributed by atoms with van der Waals surface area (Å²) >= 11 is 7.36. The predicted molar refractivity (Wildman–Crippen MR) is 152 cm³/mol. The van der Waals surface area contributed by atoms with Gasteiger partial charge in [0.2, 0.25) is 0 Å². The van der Waals surface area contributed by atoms with Gasteiger partial charge < -0.3 is 19.9 Å². The van der Waals surface area contributed by atoms with Crippen LogP contribution in [0, 0.1) is 0 Å². The number of ether oxygens (including phenoxy) is 2. The molecule has 2 heterocycles. The number of carbonyl (C=O) groups is 1. The first-order valence-corrected chi connectivity index (χ1v) is 13.1. The molecule has 39 heavy (non-hydrogen) atoms. The molecule has 1 atom stereocenters. The molecule has 198 valence electrons. The second-order valence-electron chi connectivity index (χ2n) is 8.73. The van der Waals surface area contributed by atoms with Crippen LogP contribution in [-0.4, -0.2) is 29.8 Å². The van der Waals surface area contributed by atoms with Crippen LogP contribution in [0.4, 0.5) is 5.69 Å². The van der Waals surface area contributed by atoms with E-state index in [2.05, 4.69) is 10.3 Å². The molecule has 3 aromatic carbocycles. The highest BCUT2D eigenvalue weighted by atomic mass is 35.5. The van der Waals surface area contributed by atoms with Crippen molar-refractivity contribution >= 4 is 40.6 Å². The zero-order valence-electron chi connectivity index (χ0n) is 21.3. The summed E-state index contributed by atoms with van der Waals surface area (Å²) in [5, 5.41) is 13.1. The van der Waals surface area contributed by atoms with E-state index in [0.29, 0.717) is 43.2 Å². The summed E-state index contributed by atoms with van der Waals surface area (Å²) in [6.07, 6.45) is 1.66. The number of thiazole rings is 1. The molecule has 0 fully saturated rings. The van der Waals surface area contributed by atoms with E-state index in [0.717, 1.165) is 0 Å². The molecule has 0 radical (unpaired) electrons.